The van der Waals surface area contributed by atoms with Gasteiger partial charge in [0.15, 0.2) is 0 Å². The Balaban J connectivity index is 1.86. The number of rotatable bonds is 2. The zero-order chi connectivity index (χ0) is 13.2. The Bertz CT molecular complexity index is 718. The fourth-order valence-corrected chi connectivity index (χ4v) is 2.73. The molecule has 0 radical (unpaired) electrons. The van der Waals surface area contributed by atoms with Crippen LogP contribution in [0.1, 0.15) is 10.4 Å². The van der Waals surface area contributed by atoms with Crippen LogP contribution in [0.3, 0.4) is 0 Å². The molecule has 3 rings (SSSR count). The zero-order valence-corrected chi connectivity index (χ0v) is 10.8. The molecule has 0 atom stereocenters. The predicted octanol–water partition coefficient (Wildman–Crippen LogP) is 2.55. The molecule has 4 nitrogen and oxygen atoms in total. The molecule has 0 bridgehead atoms. The largest absolute Gasteiger partial charge is 0.399 e. The predicted molar refractivity (Wildman–Crippen MR) is 77.2 cm³/mol. The molecule has 3 aromatic rings. The number of nitrogens with two attached hydrogens (primary N) is 1. The van der Waals surface area contributed by atoms with Crippen molar-refractivity contribution in [2.45, 2.75) is 0 Å². The van der Waals surface area contributed by atoms with E-state index in [1.54, 1.807) is 24.3 Å². The summed E-state index contributed by atoms with van der Waals surface area (Å²) in [5.41, 5.74) is 7.80. The van der Waals surface area contributed by atoms with Gasteiger partial charge in [-0.05, 0) is 41.7 Å². The Labute approximate surface area is 113 Å². The molecule has 0 aliphatic carbocycles. The van der Waals surface area contributed by atoms with E-state index in [1.165, 1.54) is 11.3 Å². The molecule has 1 heterocycles. The highest BCUT2D eigenvalue weighted by atomic mass is 32.1. The lowest BCUT2D eigenvalue weighted by atomic mass is 10.2. The molecule has 0 saturated heterocycles. The molecule has 5 heteroatoms. The summed E-state index contributed by atoms with van der Waals surface area (Å²) in [4.78, 5) is 15.2. The number of nitrogen functional groups attached to an aromatic ring is 1. The maximum atomic E-state index is 12.1. The summed E-state index contributed by atoms with van der Waals surface area (Å²) in [5, 5.41) is 3.56. The topological polar surface area (TPSA) is 69.3 Å². The molecular formula is C14H12N3OS+. The van der Waals surface area contributed by atoms with Gasteiger partial charge in [0.05, 0.1) is 10.3 Å². The van der Waals surface area contributed by atoms with Gasteiger partial charge in [-0.2, -0.15) is 5.32 Å². The van der Waals surface area contributed by atoms with E-state index in [0.29, 0.717) is 16.4 Å². The minimum Gasteiger partial charge on any atom is -0.399 e. The SMILES string of the molecule is Nc1cccc(C(=O)Nc2[nH+]c3ccccc3s2)c1. The average molecular weight is 270 g/mol. The van der Waals surface area contributed by atoms with E-state index in [-0.39, 0.29) is 5.91 Å². The van der Waals surface area contributed by atoms with E-state index in [4.69, 9.17) is 5.73 Å². The van der Waals surface area contributed by atoms with Crippen molar-refractivity contribution in [2.24, 2.45) is 0 Å². The summed E-state index contributed by atoms with van der Waals surface area (Å²) in [6.07, 6.45) is 0. The highest BCUT2D eigenvalue weighted by Crippen LogP contribution is 2.21. The summed E-state index contributed by atoms with van der Waals surface area (Å²) >= 11 is 1.51. The number of hydrogen-bond donors (Lipinski definition) is 2. The number of hydrogen-bond acceptors (Lipinski definition) is 3. The van der Waals surface area contributed by atoms with Crippen LogP contribution in [0.4, 0.5) is 10.8 Å². The third-order valence-corrected chi connectivity index (χ3v) is 3.71. The summed E-state index contributed by atoms with van der Waals surface area (Å²) in [6, 6.07) is 14.8. The fraction of sp³-hybridized carbons (Fsp3) is 0. The number of anilines is 2. The lowest BCUT2D eigenvalue weighted by molar-refractivity contribution is -0.321. The number of H-pyrrole nitrogens is 1. The molecule has 0 spiro atoms. The number of thiazole rings is 1. The lowest BCUT2D eigenvalue weighted by Crippen LogP contribution is -2.16. The Morgan fingerprint density at radius 2 is 2.00 bits per heavy atom. The molecule has 0 aliphatic rings. The van der Waals surface area contributed by atoms with Gasteiger partial charge in [0.2, 0.25) is 0 Å². The van der Waals surface area contributed by atoms with Crippen LogP contribution >= 0.6 is 11.3 Å². The first kappa shape index (κ1) is 11.7. The van der Waals surface area contributed by atoms with Gasteiger partial charge in [0.25, 0.3) is 0 Å². The number of para-hydroxylation sites is 1. The van der Waals surface area contributed by atoms with Crippen molar-refractivity contribution in [1.82, 2.24) is 0 Å². The molecule has 1 aromatic heterocycles. The van der Waals surface area contributed by atoms with Gasteiger partial charge >= 0.3 is 11.0 Å². The fourth-order valence-electron chi connectivity index (χ4n) is 1.83. The van der Waals surface area contributed by atoms with Gasteiger partial charge in [-0.1, -0.05) is 18.2 Å². The zero-order valence-electron chi connectivity index (χ0n) is 10.0. The Morgan fingerprint density at radius 1 is 1.16 bits per heavy atom. The van der Waals surface area contributed by atoms with Crippen LogP contribution in [0.25, 0.3) is 10.2 Å². The molecule has 0 aliphatic heterocycles. The molecule has 4 N–H and O–H groups in total. The van der Waals surface area contributed by atoms with Crippen LogP contribution < -0.4 is 16.0 Å². The lowest BCUT2D eigenvalue weighted by Gasteiger charge is -1.97. The van der Waals surface area contributed by atoms with E-state index >= 15 is 0 Å². The number of benzene rings is 2. The van der Waals surface area contributed by atoms with Crippen LogP contribution in [-0.2, 0) is 0 Å². The van der Waals surface area contributed by atoms with Gasteiger partial charge in [-0.25, -0.2) is 9.78 Å². The minimum atomic E-state index is -0.171. The van der Waals surface area contributed by atoms with Crippen molar-refractivity contribution in [2.75, 3.05) is 11.1 Å². The maximum absolute atomic E-state index is 12.1. The van der Waals surface area contributed by atoms with E-state index in [0.717, 1.165) is 10.2 Å². The summed E-state index contributed by atoms with van der Waals surface area (Å²) in [6.45, 7) is 0. The molecule has 0 saturated carbocycles. The maximum Gasteiger partial charge on any atom is 0.340 e. The molecule has 94 valence electrons. The third-order valence-electron chi connectivity index (χ3n) is 2.72. The number of carbonyl (C=O) groups excluding carboxylic acids is 1. The average Bonchev–Trinajstić information content (AvgIpc) is 2.80. The van der Waals surface area contributed by atoms with Crippen molar-refractivity contribution in [3.05, 3.63) is 54.1 Å². The highest BCUT2D eigenvalue weighted by molar-refractivity contribution is 7.21. The van der Waals surface area contributed by atoms with E-state index < -0.39 is 0 Å². The normalized spacial score (nSPS) is 10.5. The van der Waals surface area contributed by atoms with Crippen molar-refractivity contribution in [3.63, 3.8) is 0 Å². The van der Waals surface area contributed by atoms with E-state index in [1.807, 2.05) is 24.3 Å². The van der Waals surface area contributed by atoms with Crippen molar-refractivity contribution >= 4 is 38.3 Å². The van der Waals surface area contributed by atoms with Gasteiger partial charge < -0.3 is 5.73 Å². The number of nitrogens with one attached hydrogen (secondary N) is 2. The molecule has 2 aromatic carbocycles. The summed E-state index contributed by atoms with van der Waals surface area (Å²) < 4.78 is 1.10. The molecule has 19 heavy (non-hydrogen) atoms. The standard InChI is InChI=1S/C14H11N3OS/c15-10-5-3-4-9(8-10)13(18)17-14-16-11-6-1-2-7-12(11)19-14/h1-8H,15H2,(H,16,17,18)/p+1. The van der Waals surface area contributed by atoms with Gasteiger partial charge in [-0.15, -0.1) is 0 Å². The van der Waals surface area contributed by atoms with Gasteiger partial charge in [0, 0.05) is 5.69 Å². The highest BCUT2D eigenvalue weighted by Gasteiger charge is 2.16. The first-order valence-corrected chi connectivity index (χ1v) is 6.62. The smallest absolute Gasteiger partial charge is 0.340 e. The third kappa shape index (κ3) is 2.41. The monoisotopic (exact) mass is 270 g/mol. The number of fused-ring (bicyclic) bond motifs is 1. The second-order valence-corrected chi connectivity index (χ2v) is 5.18. The molecular weight excluding hydrogens is 258 g/mol. The van der Waals surface area contributed by atoms with Crippen LogP contribution in [0, 0.1) is 0 Å². The van der Waals surface area contributed by atoms with E-state index in [9.17, 15) is 4.79 Å². The van der Waals surface area contributed by atoms with E-state index in [2.05, 4.69) is 10.3 Å². The van der Waals surface area contributed by atoms with Crippen molar-refractivity contribution < 1.29 is 9.78 Å². The molecule has 0 fully saturated rings. The van der Waals surface area contributed by atoms with Crippen LogP contribution in [0.2, 0.25) is 0 Å². The second-order valence-electron chi connectivity index (χ2n) is 4.13. The number of aromatic nitrogens is 1. The number of amides is 1. The number of carbonyl (C=O) groups is 1. The van der Waals surface area contributed by atoms with Crippen LogP contribution in [-0.4, -0.2) is 5.91 Å². The van der Waals surface area contributed by atoms with Crippen molar-refractivity contribution in [1.29, 1.82) is 0 Å². The van der Waals surface area contributed by atoms with Crippen LogP contribution in [0.5, 0.6) is 0 Å². The Morgan fingerprint density at radius 3 is 2.79 bits per heavy atom. The van der Waals surface area contributed by atoms with Gasteiger partial charge in [-0.3, -0.25) is 0 Å². The van der Waals surface area contributed by atoms with Crippen molar-refractivity contribution in [3.8, 4) is 0 Å². The molecule has 0 unspecified atom stereocenters. The summed E-state index contributed by atoms with van der Waals surface area (Å²) in [5.74, 6) is -0.171. The van der Waals surface area contributed by atoms with Crippen LogP contribution in [0.15, 0.2) is 48.5 Å². The minimum absolute atomic E-state index is 0.171. The first-order valence-electron chi connectivity index (χ1n) is 5.80. The quantitative estimate of drug-likeness (QED) is 0.703. The second kappa shape index (κ2) is 4.70. The Kier molecular flexibility index (Phi) is 2.89. The molecule has 1 amide bonds. The first-order chi connectivity index (χ1) is 9.22. The summed E-state index contributed by atoms with van der Waals surface area (Å²) in [7, 11) is 0. The Hall–Kier alpha value is -2.40. The number of aromatic amines is 1. The van der Waals surface area contributed by atoms with Gasteiger partial charge in [0.1, 0.15) is 5.52 Å².